The SMILES string of the molecule is CN(Cl)[C@H]1CC[C@H](Oc2ncnc3sc4c(c23)[C@@H](CC(N)=O)CC4)CC1. The highest BCUT2D eigenvalue weighted by Gasteiger charge is 2.32. The van der Waals surface area contributed by atoms with Crippen molar-refractivity contribution in [3.8, 4) is 5.88 Å². The molecule has 4 rings (SSSR count). The Bertz CT molecular complexity index is 817. The largest absolute Gasteiger partial charge is 0.474 e. The molecule has 2 aliphatic rings. The van der Waals surface area contributed by atoms with E-state index in [0.717, 1.165) is 48.7 Å². The molecule has 0 radical (unpaired) electrons. The fourth-order valence-corrected chi connectivity index (χ4v) is 5.68. The lowest BCUT2D eigenvalue weighted by atomic mass is 9.93. The van der Waals surface area contributed by atoms with Gasteiger partial charge in [0, 0.05) is 24.4 Å². The minimum absolute atomic E-state index is 0.146. The molecule has 26 heavy (non-hydrogen) atoms. The summed E-state index contributed by atoms with van der Waals surface area (Å²) in [5, 5.41) is 0.993. The van der Waals surface area contributed by atoms with Crippen LogP contribution in [0.5, 0.6) is 5.88 Å². The van der Waals surface area contributed by atoms with E-state index in [2.05, 4.69) is 9.97 Å². The number of hydrogen-bond acceptors (Lipinski definition) is 6. The number of primary amides is 1. The van der Waals surface area contributed by atoms with Crippen molar-refractivity contribution in [2.75, 3.05) is 7.05 Å². The third-order valence-electron chi connectivity index (χ3n) is 5.57. The van der Waals surface area contributed by atoms with Gasteiger partial charge < -0.3 is 10.5 Å². The van der Waals surface area contributed by atoms with Crippen molar-refractivity contribution in [3.05, 3.63) is 16.8 Å². The smallest absolute Gasteiger partial charge is 0.225 e. The molecule has 8 heteroatoms. The van der Waals surface area contributed by atoms with Crippen molar-refractivity contribution in [2.45, 2.75) is 63.0 Å². The monoisotopic (exact) mass is 394 g/mol. The second kappa shape index (κ2) is 7.29. The van der Waals surface area contributed by atoms with Crippen LogP contribution in [-0.2, 0) is 11.2 Å². The van der Waals surface area contributed by atoms with Gasteiger partial charge in [0.25, 0.3) is 0 Å². The first-order valence-corrected chi connectivity index (χ1v) is 10.3. The molecule has 140 valence electrons. The quantitative estimate of drug-likeness (QED) is 0.786. The number of aromatic nitrogens is 2. The molecule has 1 atom stereocenters. The van der Waals surface area contributed by atoms with Crippen molar-refractivity contribution in [1.29, 1.82) is 0 Å². The Kier molecular flexibility index (Phi) is 5.03. The highest BCUT2D eigenvalue weighted by molar-refractivity contribution is 7.19. The van der Waals surface area contributed by atoms with Crippen LogP contribution in [-0.4, -0.2) is 39.5 Å². The molecule has 0 spiro atoms. The fourth-order valence-electron chi connectivity index (χ4n) is 4.25. The lowest BCUT2D eigenvalue weighted by Crippen LogP contribution is -2.33. The van der Waals surface area contributed by atoms with E-state index in [9.17, 15) is 4.79 Å². The Morgan fingerprint density at radius 3 is 2.81 bits per heavy atom. The average Bonchev–Trinajstić information content (AvgIpc) is 3.15. The molecule has 0 aromatic carbocycles. The summed E-state index contributed by atoms with van der Waals surface area (Å²) < 4.78 is 8.09. The van der Waals surface area contributed by atoms with Crippen LogP contribution in [0.15, 0.2) is 6.33 Å². The van der Waals surface area contributed by atoms with Gasteiger partial charge in [-0.15, -0.1) is 11.3 Å². The molecule has 2 aromatic rings. The summed E-state index contributed by atoms with van der Waals surface area (Å²) in [5.41, 5.74) is 6.64. The van der Waals surface area contributed by atoms with Crippen LogP contribution >= 0.6 is 23.1 Å². The van der Waals surface area contributed by atoms with E-state index in [1.165, 1.54) is 10.4 Å². The third kappa shape index (κ3) is 3.40. The molecule has 1 saturated carbocycles. The Balaban J connectivity index is 1.59. The summed E-state index contributed by atoms with van der Waals surface area (Å²) >= 11 is 7.78. The van der Waals surface area contributed by atoms with Crippen molar-refractivity contribution in [2.24, 2.45) is 5.73 Å². The summed E-state index contributed by atoms with van der Waals surface area (Å²) in [5.74, 6) is 0.557. The van der Waals surface area contributed by atoms with Crippen molar-refractivity contribution in [1.82, 2.24) is 14.4 Å². The molecule has 0 aliphatic heterocycles. The Hall–Kier alpha value is -1.44. The standard InChI is InChI=1S/C18H23ClN4O2S/c1-23(19)11-3-5-12(6-4-11)25-17-16-15-10(8-14(20)24)2-7-13(15)26-18(16)22-9-21-17/h9-12H,2-8H2,1H3,(H2,20,24)/t10-,11-,12-/m1/s1. The highest BCUT2D eigenvalue weighted by Crippen LogP contribution is 2.47. The van der Waals surface area contributed by atoms with Crippen LogP contribution in [0, 0.1) is 0 Å². The van der Waals surface area contributed by atoms with Gasteiger partial charge in [-0.3, -0.25) is 4.79 Å². The van der Waals surface area contributed by atoms with E-state index >= 15 is 0 Å². The summed E-state index contributed by atoms with van der Waals surface area (Å²) in [6, 6.07) is 0.410. The molecular formula is C18H23ClN4O2S. The molecular weight excluding hydrogens is 372 g/mol. The molecule has 2 aliphatic carbocycles. The van der Waals surface area contributed by atoms with E-state index < -0.39 is 0 Å². The van der Waals surface area contributed by atoms with E-state index in [-0.39, 0.29) is 17.9 Å². The van der Waals surface area contributed by atoms with Crippen molar-refractivity contribution < 1.29 is 9.53 Å². The van der Waals surface area contributed by atoms with Gasteiger partial charge in [0.2, 0.25) is 11.8 Å². The number of halogens is 1. The summed E-state index contributed by atoms with van der Waals surface area (Å²) in [4.78, 5) is 22.6. The number of ether oxygens (including phenoxy) is 1. The van der Waals surface area contributed by atoms with Crippen molar-refractivity contribution in [3.63, 3.8) is 0 Å². The van der Waals surface area contributed by atoms with Gasteiger partial charge in [-0.25, -0.2) is 14.4 Å². The number of nitrogens with two attached hydrogens (primary N) is 1. The number of amides is 1. The minimum atomic E-state index is -0.259. The van der Waals surface area contributed by atoms with Gasteiger partial charge in [0.1, 0.15) is 17.3 Å². The van der Waals surface area contributed by atoms with Gasteiger partial charge >= 0.3 is 0 Å². The highest BCUT2D eigenvalue weighted by atomic mass is 35.5. The molecule has 2 aromatic heterocycles. The predicted octanol–water partition coefficient (Wildman–Crippen LogP) is 3.37. The van der Waals surface area contributed by atoms with Crippen molar-refractivity contribution >= 4 is 39.2 Å². The van der Waals surface area contributed by atoms with E-state index in [4.69, 9.17) is 22.2 Å². The Morgan fingerprint density at radius 2 is 2.12 bits per heavy atom. The first-order chi connectivity index (χ1) is 12.5. The Labute approximate surface area is 161 Å². The normalized spacial score (nSPS) is 25.6. The van der Waals surface area contributed by atoms with Crippen LogP contribution in [0.25, 0.3) is 10.2 Å². The summed E-state index contributed by atoms with van der Waals surface area (Å²) in [6.07, 6.45) is 7.99. The number of rotatable bonds is 5. The molecule has 0 bridgehead atoms. The molecule has 2 N–H and O–H groups in total. The molecule has 0 unspecified atom stereocenters. The number of aryl methyl sites for hydroxylation is 1. The fraction of sp³-hybridized carbons (Fsp3) is 0.611. The molecule has 6 nitrogen and oxygen atoms in total. The first-order valence-electron chi connectivity index (χ1n) is 9.12. The van der Waals surface area contributed by atoms with E-state index in [1.54, 1.807) is 22.1 Å². The summed E-state index contributed by atoms with van der Waals surface area (Å²) in [7, 11) is 1.91. The number of carbonyl (C=O) groups excluding carboxylic acids is 1. The number of thiophene rings is 1. The number of carbonyl (C=O) groups is 1. The third-order valence-corrected chi connectivity index (χ3v) is 7.02. The van der Waals surface area contributed by atoms with Crippen LogP contribution in [0.2, 0.25) is 0 Å². The van der Waals surface area contributed by atoms with Gasteiger partial charge in [0.05, 0.1) is 5.39 Å². The lowest BCUT2D eigenvalue weighted by Gasteiger charge is -2.31. The zero-order chi connectivity index (χ0) is 18.3. The van der Waals surface area contributed by atoms with Gasteiger partial charge in [-0.05, 0) is 61.8 Å². The zero-order valence-electron chi connectivity index (χ0n) is 14.8. The lowest BCUT2D eigenvalue weighted by molar-refractivity contribution is -0.118. The number of fused-ring (bicyclic) bond motifs is 3. The minimum Gasteiger partial charge on any atom is -0.474 e. The van der Waals surface area contributed by atoms with Crippen LogP contribution in [0.4, 0.5) is 0 Å². The topological polar surface area (TPSA) is 81.3 Å². The van der Waals surface area contributed by atoms with Crippen LogP contribution < -0.4 is 10.5 Å². The summed E-state index contributed by atoms with van der Waals surface area (Å²) in [6.45, 7) is 0. The second-order valence-electron chi connectivity index (χ2n) is 7.28. The predicted molar refractivity (Wildman–Crippen MR) is 103 cm³/mol. The molecule has 2 heterocycles. The number of hydrogen-bond donors (Lipinski definition) is 1. The molecule has 1 amide bonds. The molecule has 1 fully saturated rings. The molecule has 0 saturated heterocycles. The maximum Gasteiger partial charge on any atom is 0.225 e. The number of nitrogens with zero attached hydrogens (tertiary/aromatic N) is 3. The van der Waals surface area contributed by atoms with Crippen LogP contribution in [0.3, 0.4) is 0 Å². The van der Waals surface area contributed by atoms with E-state index in [1.807, 2.05) is 7.05 Å². The first kappa shape index (κ1) is 17.9. The maximum absolute atomic E-state index is 11.5. The van der Waals surface area contributed by atoms with Crippen LogP contribution in [0.1, 0.15) is 54.9 Å². The van der Waals surface area contributed by atoms with E-state index in [0.29, 0.717) is 18.3 Å². The zero-order valence-corrected chi connectivity index (χ0v) is 16.4. The van der Waals surface area contributed by atoms with Gasteiger partial charge in [0.15, 0.2) is 0 Å². The average molecular weight is 395 g/mol. The maximum atomic E-state index is 11.5. The second-order valence-corrected chi connectivity index (χ2v) is 8.89. The van der Waals surface area contributed by atoms with Gasteiger partial charge in [-0.2, -0.15) is 0 Å². The van der Waals surface area contributed by atoms with Gasteiger partial charge in [-0.1, -0.05) is 0 Å². The Morgan fingerprint density at radius 1 is 1.35 bits per heavy atom.